The van der Waals surface area contributed by atoms with Crippen LogP contribution in [0.3, 0.4) is 0 Å². The Bertz CT molecular complexity index is 1950. The van der Waals surface area contributed by atoms with Gasteiger partial charge in [0.2, 0.25) is 25.8 Å². The average Bonchev–Trinajstić information content (AvgIpc) is 2.94. The number of para-hydroxylation sites is 2. The molecule has 0 spiro atoms. The maximum absolute atomic E-state index is 11.7. The fourth-order valence-electron chi connectivity index (χ4n) is 3.44. The summed E-state index contributed by atoms with van der Waals surface area (Å²) in [5.41, 5.74) is 3.85. The first-order chi connectivity index (χ1) is 20.5. The third-order valence-electron chi connectivity index (χ3n) is 5.35. The van der Waals surface area contributed by atoms with E-state index in [-0.39, 0.29) is 22.7 Å². The lowest BCUT2D eigenvalue weighted by Gasteiger charge is -2.13. The number of nitrogens with two attached hydrogens (primary N) is 3. The van der Waals surface area contributed by atoms with Gasteiger partial charge in [-0.15, -0.1) is 0 Å². The maximum atomic E-state index is 11.7. The highest BCUT2D eigenvalue weighted by Crippen LogP contribution is 2.38. The van der Waals surface area contributed by atoms with Gasteiger partial charge in [0.15, 0.2) is 5.75 Å². The average molecular weight is 647 g/mol. The van der Waals surface area contributed by atoms with Gasteiger partial charge in [0.25, 0.3) is 0 Å². The van der Waals surface area contributed by atoms with Crippen molar-refractivity contribution in [2.24, 2.45) is 10.3 Å². The van der Waals surface area contributed by atoms with Crippen molar-refractivity contribution in [2.45, 2.75) is 9.79 Å². The van der Waals surface area contributed by atoms with Crippen LogP contribution in [0, 0.1) is 10.1 Å². The molecular weight excluding hydrogens is 624 g/mol. The highest BCUT2D eigenvalue weighted by atomic mass is 32.2. The smallest absolute Gasteiger partial charge is 0.335 e. The highest BCUT2D eigenvalue weighted by molar-refractivity contribution is 7.89. The number of carbonyl (C=O) groups is 2. The molecule has 4 rings (SSSR count). The summed E-state index contributed by atoms with van der Waals surface area (Å²) in [6.07, 6.45) is 0. The lowest BCUT2D eigenvalue weighted by atomic mass is 10.2. The van der Waals surface area contributed by atoms with Gasteiger partial charge in [0.1, 0.15) is 21.3 Å². The van der Waals surface area contributed by atoms with Crippen LogP contribution in [0.5, 0.6) is 23.0 Å². The maximum Gasteiger partial charge on any atom is 0.335 e. The Morgan fingerprint density at radius 3 is 1.45 bits per heavy atom. The van der Waals surface area contributed by atoms with Crippen molar-refractivity contribution in [1.82, 2.24) is 0 Å². The molecule has 0 aliphatic heterocycles. The zero-order chi connectivity index (χ0) is 32.8. The molecule has 8 N–H and O–H groups in total. The molecule has 4 aromatic rings. The summed E-state index contributed by atoms with van der Waals surface area (Å²) in [5.74, 6) is -3.23. The van der Waals surface area contributed by atoms with Crippen LogP contribution in [0.15, 0.2) is 94.7 Å². The Morgan fingerprint density at radius 2 is 1.07 bits per heavy atom. The third-order valence-corrected chi connectivity index (χ3v) is 7.18. The lowest BCUT2D eigenvalue weighted by Crippen LogP contribution is -2.15. The van der Waals surface area contributed by atoms with Crippen molar-refractivity contribution >= 4 is 43.4 Å². The molecule has 0 aliphatic rings. The number of carboxylic acids is 2. The lowest BCUT2D eigenvalue weighted by molar-refractivity contribution is -0.385. The Kier molecular flexibility index (Phi) is 9.86. The van der Waals surface area contributed by atoms with Crippen LogP contribution in [0.4, 0.5) is 11.4 Å². The van der Waals surface area contributed by atoms with E-state index in [9.17, 15) is 36.5 Å². The van der Waals surface area contributed by atoms with Crippen molar-refractivity contribution in [1.29, 1.82) is 0 Å². The monoisotopic (exact) mass is 646 g/mol. The van der Waals surface area contributed by atoms with Crippen molar-refractivity contribution in [3.63, 3.8) is 0 Å². The van der Waals surface area contributed by atoms with Crippen molar-refractivity contribution in [3.05, 3.63) is 106 Å². The molecule has 0 bridgehead atoms. The van der Waals surface area contributed by atoms with Crippen molar-refractivity contribution < 1.29 is 51.0 Å². The molecule has 16 nitrogen and oxygen atoms in total. The minimum atomic E-state index is -4.46. The number of aromatic carboxylic acids is 2. The summed E-state index contributed by atoms with van der Waals surface area (Å²) in [7, 11) is -8.66. The summed E-state index contributed by atoms with van der Waals surface area (Å²) >= 11 is 0. The second kappa shape index (κ2) is 13.2. The van der Waals surface area contributed by atoms with Gasteiger partial charge in [-0.25, -0.2) is 36.7 Å². The predicted octanol–water partition coefficient (Wildman–Crippen LogP) is 3.14. The minimum Gasteiger partial charge on any atom is -0.478 e. The normalized spacial score (nSPS) is 11.0. The van der Waals surface area contributed by atoms with E-state index in [2.05, 4.69) is 0 Å². The number of nitrogen functional groups attached to an aromatic ring is 1. The standard InChI is InChI=1S/C13H10N2O7S.C13H12N2O5S/c14-23(20,21)11-7-8(13(16)17)6-10(15(18)19)12(11)22-9-4-2-1-3-5-9;14-10-6-8(13(16)17)7-11(21(15,18)19)12(10)20-9-4-2-1-3-5-9/h1-7H,(H,16,17)(H2,14,20,21);1-7H,14H2,(H,16,17)(H2,15,18,19). The van der Waals surface area contributed by atoms with Gasteiger partial charge >= 0.3 is 17.6 Å². The SMILES string of the molecule is NS(=O)(=O)c1cc(C(=O)O)cc([N+](=O)[O-])c1Oc1ccccc1.Nc1cc(C(=O)O)cc(S(N)(=O)=O)c1Oc1ccccc1. The first-order valence-corrected chi connectivity index (χ1v) is 14.8. The number of nitrogens with zero attached hydrogens (tertiary/aromatic N) is 1. The molecule has 0 aliphatic carbocycles. The van der Waals surface area contributed by atoms with Crippen LogP contribution >= 0.6 is 0 Å². The van der Waals surface area contributed by atoms with E-state index in [1.165, 1.54) is 12.1 Å². The molecule has 18 heteroatoms. The number of anilines is 1. The fraction of sp³-hybridized carbons (Fsp3) is 0. The molecule has 0 heterocycles. The second-order valence-corrected chi connectivity index (χ2v) is 11.6. The van der Waals surface area contributed by atoms with E-state index in [0.717, 1.165) is 12.1 Å². The zero-order valence-corrected chi connectivity index (χ0v) is 23.7. The molecule has 4 aromatic carbocycles. The summed E-state index contributed by atoms with van der Waals surface area (Å²) in [4.78, 5) is 30.9. The van der Waals surface area contributed by atoms with Gasteiger partial charge in [-0.3, -0.25) is 10.1 Å². The Labute approximate surface area is 249 Å². The minimum absolute atomic E-state index is 0.128. The number of ether oxygens (including phenoxy) is 2. The summed E-state index contributed by atoms with van der Waals surface area (Å²) in [6.45, 7) is 0. The van der Waals surface area contributed by atoms with Gasteiger partial charge in [0, 0.05) is 6.07 Å². The number of hydrogen-bond donors (Lipinski definition) is 5. The highest BCUT2D eigenvalue weighted by Gasteiger charge is 2.29. The first-order valence-electron chi connectivity index (χ1n) is 11.7. The molecule has 0 amide bonds. The summed E-state index contributed by atoms with van der Waals surface area (Å²) in [5, 5.41) is 39.2. The number of rotatable bonds is 9. The molecule has 0 saturated carbocycles. The van der Waals surface area contributed by atoms with E-state index in [1.54, 1.807) is 48.5 Å². The van der Waals surface area contributed by atoms with Gasteiger partial charge < -0.3 is 25.4 Å². The van der Waals surface area contributed by atoms with E-state index in [1.807, 2.05) is 0 Å². The number of carboxylic acid groups (broad SMARTS) is 2. The number of hydrogen-bond acceptors (Lipinski definition) is 11. The van der Waals surface area contributed by atoms with E-state index in [0.29, 0.717) is 17.9 Å². The molecule has 0 saturated heterocycles. The molecule has 0 aromatic heterocycles. The van der Waals surface area contributed by atoms with Crippen LogP contribution in [0.2, 0.25) is 0 Å². The quantitative estimate of drug-likeness (QED) is 0.0993. The number of benzene rings is 4. The Hall–Kier alpha value is -5.56. The van der Waals surface area contributed by atoms with Gasteiger partial charge in [-0.1, -0.05) is 36.4 Å². The second-order valence-electron chi connectivity index (χ2n) is 8.50. The molecule has 0 unspecified atom stereocenters. The van der Waals surface area contributed by atoms with Crippen LogP contribution < -0.4 is 25.5 Å². The Morgan fingerprint density at radius 1 is 0.682 bits per heavy atom. The van der Waals surface area contributed by atoms with Crippen LogP contribution in [-0.2, 0) is 20.0 Å². The first kappa shape index (κ1) is 32.9. The van der Waals surface area contributed by atoms with E-state index < -0.39 is 63.7 Å². The van der Waals surface area contributed by atoms with Gasteiger partial charge in [-0.05, 0) is 42.5 Å². The number of nitro benzene ring substituents is 1. The van der Waals surface area contributed by atoms with Crippen molar-refractivity contribution in [3.8, 4) is 23.0 Å². The third kappa shape index (κ3) is 8.26. The number of sulfonamides is 2. The Balaban J connectivity index is 0.000000241. The largest absolute Gasteiger partial charge is 0.478 e. The van der Waals surface area contributed by atoms with Gasteiger partial charge in [0.05, 0.1) is 21.7 Å². The summed E-state index contributed by atoms with van der Waals surface area (Å²) in [6, 6.07) is 19.5. The topological polar surface area (TPSA) is 283 Å². The summed E-state index contributed by atoms with van der Waals surface area (Å²) < 4.78 is 57.3. The van der Waals surface area contributed by atoms with Crippen LogP contribution in [0.1, 0.15) is 20.7 Å². The number of primary sulfonamides is 2. The zero-order valence-electron chi connectivity index (χ0n) is 22.1. The number of nitro groups is 1. The van der Waals surface area contributed by atoms with Gasteiger partial charge in [-0.2, -0.15) is 0 Å². The predicted molar refractivity (Wildman–Crippen MR) is 154 cm³/mol. The molecule has 0 radical (unpaired) electrons. The molecule has 44 heavy (non-hydrogen) atoms. The molecule has 0 fully saturated rings. The van der Waals surface area contributed by atoms with E-state index >= 15 is 0 Å². The van der Waals surface area contributed by atoms with Crippen LogP contribution in [-0.4, -0.2) is 43.9 Å². The fourth-order valence-corrected chi connectivity index (χ4v) is 4.85. The molecular formula is C26H22N4O12S2. The van der Waals surface area contributed by atoms with Crippen molar-refractivity contribution in [2.75, 3.05) is 5.73 Å². The van der Waals surface area contributed by atoms with Crippen LogP contribution in [0.25, 0.3) is 0 Å². The molecule has 230 valence electrons. The molecule has 0 atom stereocenters. The van der Waals surface area contributed by atoms with E-state index in [4.69, 9.17) is 35.7 Å².